The molecule has 0 aromatic carbocycles. The highest BCUT2D eigenvalue weighted by molar-refractivity contribution is 5.95. The fraction of sp³-hybridized carbons (Fsp3) is 0.789. The lowest BCUT2D eigenvalue weighted by molar-refractivity contribution is -0.141. The summed E-state index contributed by atoms with van der Waals surface area (Å²) in [5, 5.41) is 15.1. The van der Waals surface area contributed by atoms with E-state index < -0.39 is 46.9 Å². The molecule has 0 aromatic heterocycles. The predicted molar refractivity (Wildman–Crippen MR) is 104 cm³/mol. The van der Waals surface area contributed by atoms with Gasteiger partial charge in [0.15, 0.2) is 0 Å². The molecule has 2 aliphatic heterocycles. The van der Waals surface area contributed by atoms with Crippen LogP contribution in [-0.2, 0) is 19.1 Å². The maximum Gasteiger partial charge on any atom is 0.408 e. The second-order valence-corrected chi connectivity index (χ2v) is 8.73. The van der Waals surface area contributed by atoms with E-state index >= 15 is 0 Å². The maximum atomic E-state index is 13.5. The third-order valence-corrected chi connectivity index (χ3v) is 5.95. The second kappa shape index (κ2) is 8.56. The molecule has 2 saturated heterocycles. The third-order valence-electron chi connectivity index (χ3n) is 5.95. The molecule has 5 N–H and O–H groups in total. The van der Waals surface area contributed by atoms with Crippen LogP contribution >= 0.6 is 0 Å². The van der Waals surface area contributed by atoms with Gasteiger partial charge in [-0.15, -0.1) is 0 Å². The first-order valence-electron chi connectivity index (χ1n) is 9.94. The second-order valence-electron chi connectivity index (χ2n) is 8.73. The number of amides is 4. The molecule has 4 atom stereocenters. The Kier molecular flexibility index (Phi) is 6.77. The molecule has 2 heterocycles. The summed E-state index contributed by atoms with van der Waals surface area (Å²) in [4.78, 5) is 50.5. The van der Waals surface area contributed by atoms with Crippen molar-refractivity contribution in [1.82, 2.24) is 15.5 Å². The van der Waals surface area contributed by atoms with Crippen molar-refractivity contribution in [2.24, 2.45) is 17.1 Å². The van der Waals surface area contributed by atoms with Crippen LogP contribution in [-0.4, -0.2) is 71.2 Å². The van der Waals surface area contributed by atoms with Crippen LogP contribution < -0.4 is 16.4 Å². The molecule has 2 aliphatic rings. The van der Waals surface area contributed by atoms with E-state index in [1.54, 1.807) is 27.7 Å². The van der Waals surface area contributed by atoms with Gasteiger partial charge in [-0.1, -0.05) is 20.8 Å². The summed E-state index contributed by atoms with van der Waals surface area (Å²) in [6, 6.07) is -1.07. The maximum absolute atomic E-state index is 13.5. The zero-order valence-corrected chi connectivity index (χ0v) is 17.5. The lowest BCUT2D eigenvalue weighted by Crippen LogP contribution is -2.66. The van der Waals surface area contributed by atoms with E-state index in [-0.39, 0.29) is 25.3 Å². The number of nitrogens with two attached hydrogens (primary N) is 1. The predicted octanol–water partition coefficient (Wildman–Crippen LogP) is 0.0564. The lowest BCUT2D eigenvalue weighted by atomic mass is 9.70. The molecule has 0 aromatic rings. The largest absolute Gasteiger partial charge is 0.465 e. The molecule has 29 heavy (non-hydrogen) atoms. The molecule has 2 fully saturated rings. The topological polar surface area (TPSA) is 151 Å². The van der Waals surface area contributed by atoms with E-state index in [9.17, 15) is 24.3 Å². The Labute approximate surface area is 170 Å². The van der Waals surface area contributed by atoms with E-state index in [2.05, 4.69) is 10.6 Å². The molecule has 0 spiro atoms. The quantitative estimate of drug-likeness (QED) is 0.464. The number of carbonyl (C=O) groups excluding carboxylic acids is 3. The van der Waals surface area contributed by atoms with E-state index in [0.717, 1.165) is 4.90 Å². The highest BCUT2D eigenvalue weighted by atomic mass is 16.5. The van der Waals surface area contributed by atoms with Gasteiger partial charge in [0, 0.05) is 25.5 Å². The molecule has 4 amide bonds. The summed E-state index contributed by atoms with van der Waals surface area (Å²) in [5.74, 6) is -1.96. The standard InChI is InChI=1S/C19H32N4O6/c1-5-29-12-9-19(18(2,3)4,23(10-12)17(27)28)16(26)22-13(14(20)24)8-11-6-7-21-15(11)25/h11-13H,5-10H2,1-4H3,(H2,20,24)(H,21,25)(H,22,26)(H,27,28)/t11-,12+,13-,19+/m0/s1. The van der Waals surface area contributed by atoms with Crippen LogP contribution in [0.25, 0.3) is 0 Å². The number of likely N-dealkylation sites (tertiary alicyclic amines) is 1. The van der Waals surface area contributed by atoms with E-state index in [1.807, 2.05) is 0 Å². The summed E-state index contributed by atoms with van der Waals surface area (Å²) < 4.78 is 5.63. The molecule has 164 valence electrons. The number of nitrogens with one attached hydrogen (secondary N) is 2. The van der Waals surface area contributed by atoms with Crippen molar-refractivity contribution in [2.75, 3.05) is 19.7 Å². The van der Waals surface area contributed by atoms with Crippen LogP contribution in [0.2, 0.25) is 0 Å². The van der Waals surface area contributed by atoms with Gasteiger partial charge in [0.2, 0.25) is 17.7 Å². The van der Waals surface area contributed by atoms with Gasteiger partial charge in [0.05, 0.1) is 12.6 Å². The number of hydrogen-bond acceptors (Lipinski definition) is 5. The Morgan fingerprint density at radius 3 is 2.52 bits per heavy atom. The number of ether oxygens (including phenoxy) is 1. The highest BCUT2D eigenvalue weighted by Gasteiger charge is 2.60. The highest BCUT2D eigenvalue weighted by Crippen LogP contribution is 2.45. The average Bonchev–Trinajstić information content (AvgIpc) is 3.18. The average molecular weight is 412 g/mol. The molecule has 0 aliphatic carbocycles. The molecule has 10 heteroatoms. The smallest absolute Gasteiger partial charge is 0.408 e. The van der Waals surface area contributed by atoms with Crippen LogP contribution in [0.5, 0.6) is 0 Å². The summed E-state index contributed by atoms with van der Waals surface area (Å²) in [7, 11) is 0. The van der Waals surface area contributed by atoms with Gasteiger partial charge < -0.3 is 26.2 Å². The van der Waals surface area contributed by atoms with Gasteiger partial charge >= 0.3 is 6.09 Å². The van der Waals surface area contributed by atoms with Crippen LogP contribution in [0.1, 0.15) is 47.0 Å². The summed E-state index contributed by atoms with van der Waals surface area (Å²) >= 11 is 0. The van der Waals surface area contributed by atoms with E-state index in [1.165, 1.54) is 0 Å². The van der Waals surface area contributed by atoms with Crippen molar-refractivity contribution in [3.63, 3.8) is 0 Å². The van der Waals surface area contributed by atoms with E-state index in [4.69, 9.17) is 10.5 Å². The normalized spacial score (nSPS) is 28.1. The zero-order valence-electron chi connectivity index (χ0n) is 17.5. The Balaban J connectivity index is 2.33. The minimum absolute atomic E-state index is 0.0557. The fourth-order valence-corrected chi connectivity index (χ4v) is 4.40. The SMILES string of the molecule is CCO[C@H]1CN(C(=O)O)[C@](C(=O)N[C@@H](C[C@@H]2CCNC2=O)C(N)=O)(C(C)(C)C)C1. The van der Waals surface area contributed by atoms with Gasteiger partial charge in [-0.05, 0) is 25.2 Å². The molecule has 2 rings (SSSR count). The number of carboxylic acid groups (broad SMARTS) is 1. The Bertz CT molecular complexity index is 676. The van der Waals surface area contributed by atoms with Gasteiger partial charge in [-0.2, -0.15) is 0 Å². The first-order valence-corrected chi connectivity index (χ1v) is 9.94. The van der Waals surface area contributed by atoms with Gasteiger partial charge in [0.25, 0.3) is 0 Å². The van der Waals surface area contributed by atoms with Gasteiger partial charge in [-0.25, -0.2) is 4.79 Å². The van der Waals surface area contributed by atoms with Crippen molar-refractivity contribution in [2.45, 2.75) is 64.6 Å². The third kappa shape index (κ3) is 4.47. The molecule has 0 saturated carbocycles. The van der Waals surface area contributed by atoms with Crippen molar-refractivity contribution < 1.29 is 29.0 Å². The number of hydrogen-bond donors (Lipinski definition) is 4. The van der Waals surface area contributed by atoms with Gasteiger partial charge in [-0.3, -0.25) is 19.3 Å². The number of primary amides is 1. The molecular formula is C19H32N4O6. The molecular weight excluding hydrogens is 380 g/mol. The van der Waals surface area contributed by atoms with Crippen LogP contribution in [0, 0.1) is 11.3 Å². The number of rotatable bonds is 7. The number of carbonyl (C=O) groups is 4. The monoisotopic (exact) mass is 412 g/mol. The number of nitrogens with zero attached hydrogens (tertiary/aromatic N) is 1. The minimum Gasteiger partial charge on any atom is -0.465 e. The van der Waals surface area contributed by atoms with Crippen molar-refractivity contribution in [1.29, 1.82) is 0 Å². The Morgan fingerprint density at radius 1 is 1.41 bits per heavy atom. The minimum atomic E-state index is -1.44. The van der Waals surface area contributed by atoms with E-state index in [0.29, 0.717) is 19.6 Å². The van der Waals surface area contributed by atoms with Crippen molar-refractivity contribution >= 4 is 23.8 Å². The van der Waals surface area contributed by atoms with Crippen molar-refractivity contribution in [3.8, 4) is 0 Å². The molecule has 0 bridgehead atoms. The molecule has 0 unspecified atom stereocenters. The first kappa shape index (κ1) is 22.9. The fourth-order valence-electron chi connectivity index (χ4n) is 4.40. The molecule has 10 nitrogen and oxygen atoms in total. The lowest BCUT2D eigenvalue weighted by Gasteiger charge is -2.45. The van der Waals surface area contributed by atoms with Crippen molar-refractivity contribution in [3.05, 3.63) is 0 Å². The first-order chi connectivity index (χ1) is 13.4. The van der Waals surface area contributed by atoms with Crippen LogP contribution in [0.3, 0.4) is 0 Å². The van der Waals surface area contributed by atoms with Crippen LogP contribution in [0.4, 0.5) is 4.79 Å². The Morgan fingerprint density at radius 2 is 2.07 bits per heavy atom. The summed E-state index contributed by atoms with van der Waals surface area (Å²) in [6.07, 6.45) is -0.874. The zero-order chi connectivity index (χ0) is 22.0. The van der Waals surface area contributed by atoms with Gasteiger partial charge in [0.1, 0.15) is 11.6 Å². The summed E-state index contributed by atoms with van der Waals surface area (Å²) in [6.45, 7) is 8.10. The summed E-state index contributed by atoms with van der Waals surface area (Å²) in [5.41, 5.74) is 3.27. The van der Waals surface area contributed by atoms with Crippen LogP contribution in [0.15, 0.2) is 0 Å². The Hall–Kier alpha value is -2.36. The molecule has 0 radical (unpaired) electrons.